The first-order chi connectivity index (χ1) is 8.86. The minimum Gasteiger partial charge on any atom is -0.376 e. The normalized spacial score (nSPS) is 25.8. The summed E-state index contributed by atoms with van der Waals surface area (Å²) in [6.45, 7) is 3.44. The van der Waals surface area contributed by atoms with Crippen LogP contribution in [0.2, 0.25) is 0 Å². The maximum absolute atomic E-state index is 12.0. The van der Waals surface area contributed by atoms with Crippen LogP contribution in [-0.2, 0) is 14.3 Å². The third kappa shape index (κ3) is 4.58. The molecule has 1 unspecified atom stereocenters. The van der Waals surface area contributed by atoms with E-state index in [9.17, 15) is 4.79 Å². The molecule has 2 aliphatic rings. The lowest BCUT2D eigenvalue weighted by Crippen LogP contribution is -2.37. The maximum Gasteiger partial charge on any atom is 0.248 e. The monoisotopic (exact) mass is 255 g/mol. The molecule has 18 heavy (non-hydrogen) atoms. The zero-order valence-electron chi connectivity index (χ0n) is 11.2. The summed E-state index contributed by atoms with van der Waals surface area (Å²) in [4.78, 5) is 14.0. The molecule has 0 spiro atoms. The van der Waals surface area contributed by atoms with E-state index < -0.39 is 0 Å². The molecular weight excluding hydrogens is 230 g/mol. The third-order valence-electron chi connectivity index (χ3n) is 3.76. The molecule has 0 saturated carbocycles. The summed E-state index contributed by atoms with van der Waals surface area (Å²) < 4.78 is 11.0. The van der Waals surface area contributed by atoms with Crippen LogP contribution in [0.5, 0.6) is 0 Å². The van der Waals surface area contributed by atoms with Gasteiger partial charge in [-0.1, -0.05) is 19.3 Å². The van der Waals surface area contributed by atoms with Gasteiger partial charge in [-0.25, -0.2) is 0 Å². The van der Waals surface area contributed by atoms with Gasteiger partial charge in [0.15, 0.2) is 0 Å². The van der Waals surface area contributed by atoms with Crippen LogP contribution in [0, 0.1) is 0 Å². The van der Waals surface area contributed by atoms with Crippen molar-refractivity contribution in [1.82, 2.24) is 4.90 Å². The van der Waals surface area contributed by atoms with E-state index in [2.05, 4.69) is 0 Å². The number of ether oxygens (including phenoxy) is 2. The van der Waals surface area contributed by atoms with Crippen LogP contribution in [0.15, 0.2) is 0 Å². The zero-order chi connectivity index (χ0) is 12.6. The van der Waals surface area contributed by atoms with Crippen molar-refractivity contribution in [3.63, 3.8) is 0 Å². The summed E-state index contributed by atoms with van der Waals surface area (Å²) in [6, 6.07) is 0. The second-order valence-electron chi connectivity index (χ2n) is 5.30. The van der Waals surface area contributed by atoms with E-state index >= 15 is 0 Å². The van der Waals surface area contributed by atoms with Gasteiger partial charge in [0.25, 0.3) is 0 Å². The smallest absolute Gasteiger partial charge is 0.248 e. The Bertz CT molecular complexity index is 243. The largest absolute Gasteiger partial charge is 0.376 e. The number of hydrogen-bond acceptors (Lipinski definition) is 3. The average molecular weight is 255 g/mol. The van der Waals surface area contributed by atoms with Gasteiger partial charge in [-0.15, -0.1) is 0 Å². The Morgan fingerprint density at radius 3 is 2.50 bits per heavy atom. The molecule has 0 aromatic heterocycles. The number of likely N-dealkylation sites (tertiary alicyclic amines) is 1. The van der Waals surface area contributed by atoms with Gasteiger partial charge in [-0.05, 0) is 25.7 Å². The molecule has 0 N–H and O–H groups in total. The molecule has 1 amide bonds. The molecule has 0 aliphatic carbocycles. The van der Waals surface area contributed by atoms with Gasteiger partial charge in [0, 0.05) is 19.7 Å². The predicted molar refractivity (Wildman–Crippen MR) is 69.5 cm³/mol. The molecule has 0 aromatic rings. The van der Waals surface area contributed by atoms with E-state index in [0.717, 1.165) is 45.4 Å². The summed E-state index contributed by atoms with van der Waals surface area (Å²) in [5.74, 6) is 0.148. The van der Waals surface area contributed by atoms with E-state index in [1.807, 2.05) is 4.90 Å². The maximum atomic E-state index is 12.0. The van der Waals surface area contributed by atoms with E-state index in [4.69, 9.17) is 9.47 Å². The molecular formula is C14H25NO3. The van der Waals surface area contributed by atoms with Crippen LogP contribution >= 0.6 is 0 Å². The molecule has 2 fully saturated rings. The lowest BCUT2D eigenvalue weighted by atomic mass is 10.1. The Hall–Kier alpha value is -0.610. The van der Waals surface area contributed by atoms with Gasteiger partial charge in [-0.2, -0.15) is 0 Å². The summed E-state index contributed by atoms with van der Waals surface area (Å²) in [7, 11) is 0. The van der Waals surface area contributed by atoms with Gasteiger partial charge in [0.05, 0.1) is 12.7 Å². The van der Waals surface area contributed by atoms with E-state index in [1.165, 1.54) is 19.3 Å². The summed E-state index contributed by atoms with van der Waals surface area (Å²) in [6.07, 6.45) is 8.49. The van der Waals surface area contributed by atoms with E-state index in [-0.39, 0.29) is 18.6 Å². The van der Waals surface area contributed by atoms with Crippen molar-refractivity contribution in [2.45, 2.75) is 51.0 Å². The van der Waals surface area contributed by atoms with Crippen molar-refractivity contribution < 1.29 is 14.3 Å². The van der Waals surface area contributed by atoms with Crippen LogP contribution in [0.25, 0.3) is 0 Å². The van der Waals surface area contributed by atoms with Crippen molar-refractivity contribution in [2.24, 2.45) is 0 Å². The molecule has 4 nitrogen and oxygen atoms in total. The molecule has 104 valence electrons. The number of hydrogen-bond donors (Lipinski definition) is 0. The number of nitrogens with zero attached hydrogens (tertiary/aromatic N) is 1. The second-order valence-corrected chi connectivity index (χ2v) is 5.30. The highest BCUT2D eigenvalue weighted by Gasteiger charge is 2.18. The van der Waals surface area contributed by atoms with E-state index in [0.29, 0.717) is 6.61 Å². The van der Waals surface area contributed by atoms with Crippen molar-refractivity contribution >= 4 is 5.91 Å². The quantitative estimate of drug-likeness (QED) is 0.771. The van der Waals surface area contributed by atoms with Crippen LogP contribution in [0.4, 0.5) is 0 Å². The fourth-order valence-corrected chi connectivity index (χ4v) is 2.64. The lowest BCUT2D eigenvalue weighted by Gasteiger charge is -2.24. The van der Waals surface area contributed by atoms with Gasteiger partial charge < -0.3 is 14.4 Å². The topological polar surface area (TPSA) is 38.8 Å². The molecule has 0 bridgehead atoms. The van der Waals surface area contributed by atoms with Crippen molar-refractivity contribution in [3.8, 4) is 0 Å². The van der Waals surface area contributed by atoms with Crippen LogP contribution in [0.1, 0.15) is 44.9 Å². The van der Waals surface area contributed by atoms with Crippen molar-refractivity contribution in [1.29, 1.82) is 0 Å². The number of rotatable bonds is 4. The fourth-order valence-electron chi connectivity index (χ4n) is 2.64. The molecule has 2 heterocycles. The summed E-state index contributed by atoms with van der Waals surface area (Å²) >= 11 is 0. The van der Waals surface area contributed by atoms with E-state index in [1.54, 1.807) is 0 Å². The van der Waals surface area contributed by atoms with Gasteiger partial charge >= 0.3 is 0 Å². The molecule has 0 radical (unpaired) electrons. The second kappa shape index (κ2) is 7.74. The van der Waals surface area contributed by atoms with Crippen molar-refractivity contribution in [2.75, 3.05) is 32.9 Å². The Labute approximate surface area is 110 Å². The highest BCUT2D eigenvalue weighted by atomic mass is 16.5. The molecule has 4 heteroatoms. The van der Waals surface area contributed by atoms with Crippen LogP contribution in [0.3, 0.4) is 0 Å². The van der Waals surface area contributed by atoms with Crippen molar-refractivity contribution in [3.05, 3.63) is 0 Å². The Morgan fingerprint density at radius 1 is 1.11 bits per heavy atom. The SMILES string of the molecule is O=C(COCC1CCCO1)N1CCCCCCC1. The first kappa shape index (κ1) is 13.8. The summed E-state index contributed by atoms with van der Waals surface area (Å²) in [5.41, 5.74) is 0. The minimum absolute atomic E-state index is 0.148. The molecule has 2 aliphatic heterocycles. The first-order valence-electron chi connectivity index (χ1n) is 7.33. The van der Waals surface area contributed by atoms with Gasteiger partial charge in [0.1, 0.15) is 6.61 Å². The Morgan fingerprint density at radius 2 is 1.83 bits per heavy atom. The Balaban J connectivity index is 1.62. The van der Waals surface area contributed by atoms with Crippen LogP contribution in [-0.4, -0.2) is 49.8 Å². The molecule has 2 saturated heterocycles. The lowest BCUT2D eigenvalue weighted by molar-refractivity contribution is -0.137. The minimum atomic E-state index is 0.148. The fraction of sp³-hybridized carbons (Fsp3) is 0.929. The van der Waals surface area contributed by atoms with Gasteiger partial charge in [0.2, 0.25) is 5.91 Å². The highest BCUT2D eigenvalue weighted by molar-refractivity contribution is 5.77. The number of carbonyl (C=O) groups excluding carboxylic acids is 1. The Kier molecular flexibility index (Phi) is 5.94. The number of carbonyl (C=O) groups is 1. The molecule has 2 rings (SSSR count). The number of amides is 1. The summed E-state index contributed by atoms with van der Waals surface area (Å²) in [5, 5.41) is 0. The molecule has 0 aromatic carbocycles. The third-order valence-corrected chi connectivity index (χ3v) is 3.76. The van der Waals surface area contributed by atoms with Crippen LogP contribution < -0.4 is 0 Å². The standard InChI is InChI=1S/C14H25NO3/c16-14(12-17-11-13-7-6-10-18-13)15-8-4-2-1-3-5-9-15/h13H,1-12H2. The predicted octanol–water partition coefficient (Wildman–Crippen LogP) is 1.97. The molecule has 1 atom stereocenters. The average Bonchev–Trinajstić information content (AvgIpc) is 2.81. The zero-order valence-corrected chi connectivity index (χ0v) is 11.2. The first-order valence-corrected chi connectivity index (χ1v) is 7.33. The highest BCUT2D eigenvalue weighted by Crippen LogP contribution is 2.13. The van der Waals surface area contributed by atoms with Gasteiger partial charge in [-0.3, -0.25) is 4.79 Å².